The summed E-state index contributed by atoms with van der Waals surface area (Å²) in [7, 11) is -0.839. The van der Waals surface area contributed by atoms with Gasteiger partial charge in [0.2, 0.25) is 0 Å². The van der Waals surface area contributed by atoms with Gasteiger partial charge in [-0.05, 0) is 102 Å². The third kappa shape index (κ3) is 3.61. The SMILES string of the molecule is Cc1cc(F)cc(C)c1-c1cccc(-c2c(C)cc(F)cc2C)c1[Si](C)C. The van der Waals surface area contributed by atoms with Crippen LogP contribution in [-0.4, -0.2) is 8.80 Å². The predicted molar refractivity (Wildman–Crippen MR) is 113 cm³/mol. The third-order valence-electron chi connectivity index (χ3n) is 5.10. The molecule has 0 saturated carbocycles. The Kier molecular flexibility index (Phi) is 5.34. The summed E-state index contributed by atoms with van der Waals surface area (Å²) in [5.74, 6) is -0.398. The zero-order chi connectivity index (χ0) is 19.9. The van der Waals surface area contributed by atoms with Crippen LogP contribution in [0.4, 0.5) is 8.78 Å². The van der Waals surface area contributed by atoms with Crippen molar-refractivity contribution in [1.29, 1.82) is 0 Å². The van der Waals surface area contributed by atoms with Crippen LogP contribution in [0.1, 0.15) is 22.3 Å². The number of benzene rings is 3. The molecule has 1 radical (unpaired) electrons. The molecular weight excluding hydrogens is 354 g/mol. The van der Waals surface area contributed by atoms with E-state index in [-0.39, 0.29) is 11.6 Å². The molecule has 0 unspecified atom stereocenters. The summed E-state index contributed by atoms with van der Waals surface area (Å²) in [6.45, 7) is 12.4. The summed E-state index contributed by atoms with van der Waals surface area (Å²) in [6.07, 6.45) is 0. The van der Waals surface area contributed by atoms with Crippen molar-refractivity contribution in [3.8, 4) is 22.3 Å². The lowest BCUT2D eigenvalue weighted by Crippen LogP contribution is -2.28. The summed E-state index contributed by atoms with van der Waals surface area (Å²) in [5.41, 5.74) is 8.34. The van der Waals surface area contributed by atoms with Gasteiger partial charge in [-0.2, -0.15) is 0 Å². The maximum Gasteiger partial charge on any atom is 0.123 e. The van der Waals surface area contributed by atoms with E-state index in [4.69, 9.17) is 0 Å². The fraction of sp³-hybridized carbons (Fsp3) is 0.250. The van der Waals surface area contributed by atoms with Crippen LogP contribution >= 0.6 is 0 Å². The molecule has 0 aliphatic heterocycles. The van der Waals surface area contributed by atoms with E-state index in [1.165, 1.54) is 16.3 Å². The van der Waals surface area contributed by atoms with Gasteiger partial charge in [0.05, 0.1) is 8.80 Å². The van der Waals surface area contributed by atoms with Gasteiger partial charge in [-0.3, -0.25) is 0 Å². The first-order valence-corrected chi connectivity index (χ1v) is 11.7. The first-order chi connectivity index (χ1) is 12.7. The minimum atomic E-state index is -0.839. The maximum atomic E-state index is 13.8. The maximum absolute atomic E-state index is 13.8. The number of hydrogen-bond donors (Lipinski definition) is 0. The highest BCUT2D eigenvalue weighted by Gasteiger charge is 2.20. The van der Waals surface area contributed by atoms with Crippen molar-refractivity contribution >= 4 is 14.0 Å². The molecule has 3 heteroatoms. The Hall–Kier alpha value is -2.26. The van der Waals surface area contributed by atoms with Crippen LogP contribution in [0, 0.1) is 39.3 Å². The molecule has 0 atom stereocenters. The lowest BCUT2D eigenvalue weighted by atomic mass is 9.90. The Morgan fingerprint density at radius 3 is 1.26 bits per heavy atom. The third-order valence-corrected chi connectivity index (χ3v) is 6.64. The normalized spacial score (nSPS) is 11.3. The van der Waals surface area contributed by atoms with Crippen LogP contribution in [-0.2, 0) is 0 Å². The lowest BCUT2D eigenvalue weighted by molar-refractivity contribution is 0.625. The fourth-order valence-electron chi connectivity index (χ4n) is 4.18. The standard InChI is InChI=1S/C24H25F2Si/c1-14-10-18(25)11-15(2)22(14)20-8-7-9-21(24(20)27(5)6)23-16(3)12-19(26)13-17(23)4/h7-13H,1-6H3. The summed E-state index contributed by atoms with van der Waals surface area (Å²) in [4.78, 5) is 0. The van der Waals surface area contributed by atoms with Crippen molar-refractivity contribution in [2.24, 2.45) is 0 Å². The Bertz CT molecular complexity index is 897. The smallest absolute Gasteiger partial charge is 0.123 e. The molecule has 0 heterocycles. The summed E-state index contributed by atoms with van der Waals surface area (Å²) >= 11 is 0. The van der Waals surface area contributed by atoms with Gasteiger partial charge in [0, 0.05) is 0 Å². The molecule has 3 aromatic rings. The highest BCUT2D eigenvalue weighted by atomic mass is 28.3. The van der Waals surface area contributed by atoms with E-state index in [0.717, 1.165) is 33.4 Å². The quantitative estimate of drug-likeness (QED) is 0.456. The number of rotatable bonds is 3. The summed E-state index contributed by atoms with van der Waals surface area (Å²) < 4.78 is 27.7. The number of halogens is 2. The molecule has 0 bridgehead atoms. The molecule has 27 heavy (non-hydrogen) atoms. The zero-order valence-corrected chi connectivity index (χ0v) is 17.8. The summed E-state index contributed by atoms with van der Waals surface area (Å²) in [6, 6.07) is 12.7. The average molecular weight is 380 g/mol. The Balaban J connectivity index is 2.37. The highest BCUT2D eigenvalue weighted by molar-refractivity contribution is 6.73. The van der Waals surface area contributed by atoms with Gasteiger partial charge in [-0.15, -0.1) is 0 Å². The monoisotopic (exact) mass is 379 g/mol. The second-order valence-electron chi connectivity index (χ2n) is 7.56. The van der Waals surface area contributed by atoms with Crippen LogP contribution in [0.5, 0.6) is 0 Å². The van der Waals surface area contributed by atoms with Crippen molar-refractivity contribution in [2.45, 2.75) is 40.8 Å². The van der Waals surface area contributed by atoms with E-state index in [1.54, 1.807) is 24.3 Å². The topological polar surface area (TPSA) is 0 Å². The zero-order valence-electron chi connectivity index (χ0n) is 16.8. The Morgan fingerprint density at radius 1 is 0.630 bits per heavy atom. The van der Waals surface area contributed by atoms with Gasteiger partial charge in [0.15, 0.2) is 0 Å². The Labute approximate surface area is 162 Å². The summed E-state index contributed by atoms with van der Waals surface area (Å²) in [5, 5.41) is 1.32. The van der Waals surface area contributed by atoms with E-state index in [1.807, 2.05) is 27.7 Å². The number of aryl methyl sites for hydroxylation is 4. The van der Waals surface area contributed by atoms with Crippen LogP contribution in [0.15, 0.2) is 42.5 Å². The second kappa shape index (κ2) is 7.39. The molecule has 0 N–H and O–H groups in total. The second-order valence-corrected chi connectivity index (χ2v) is 10.1. The van der Waals surface area contributed by atoms with E-state index in [9.17, 15) is 8.78 Å². The van der Waals surface area contributed by atoms with E-state index in [2.05, 4.69) is 31.3 Å². The van der Waals surface area contributed by atoms with Gasteiger partial charge in [0.25, 0.3) is 0 Å². The van der Waals surface area contributed by atoms with Crippen LogP contribution in [0.2, 0.25) is 13.1 Å². The van der Waals surface area contributed by atoms with Gasteiger partial charge in [-0.25, -0.2) is 8.78 Å². The average Bonchev–Trinajstić information content (AvgIpc) is 2.52. The minimum absolute atomic E-state index is 0.199. The lowest BCUT2D eigenvalue weighted by Gasteiger charge is -2.22. The predicted octanol–water partition coefficient (Wildman–Crippen LogP) is 6.49. The minimum Gasteiger partial charge on any atom is -0.207 e. The largest absolute Gasteiger partial charge is 0.207 e. The van der Waals surface area contributed by atoms with Gasteiger partial charge < -0.3 is 0 Å². The molecule has 3 rings (SSSR count). The molecule has 0 aliphatic rings. The molecule has 0 amide bonds. The van der Waals surface area contributed by atoms with Crippen molar-refractivity contribution in [3.05, 3.63) is 76.4 Å². The molecular formula is C24H25F2Si. The van der Waals surface area contributed by atoms with Gasteiger partial charge in [0.1, 0.15) is 11.6 Å². The molecule has 0 aromatic heterocycles. The highest BCUT2D eigenvalue weighted by Crippen LogP contribution is 2.33. The van der Waals surface area contributed by atoms with E-state index < -0.39 is 8.80 Å². The van der Waals surface area contributed by atoms with Crippen molar-refractivity contribution in [2.75, 3.05) is 0 Å². The molecule has 139 valence electrons. The van der Waals surface area contributed by atoms with Crippen molar-refractivity contribution < 1.29 is 8.78 Å². The van der Waals surface area contributed by atoms with Crippen LogP contribution in [0.25, 0.3) is 22.3 Å². The van der Waals surface area contributed by atoms with Crippen LogP contribution in [0.3, 0.4) is 0 Å². The van der Waals surface area contributed by atoms with E-state index >= 15 is 0 Å². The first-order valence-electron chi connectivity index (χ1n) is 9.18. The van der Waals surface area contributed by atoms with Crippen molar-refractivity contribution in [3.63, 3.8) is 0 Å². The van der Waals surface area contributed by atoms with Crippen LogP contribution < -0.4 is 5.19 Å². The molecule has 0 saturated heterocycles. The molecule has 0 aliphatic carbocycles. The first kappa shape index (κ1) is 19.5. The molecule has 0 spiro atoms. The molecule has 0 fully saturated rings. The van der Waals surface area contributed by atoms with Gasteiger partial charge >= 0.3 is 0 Å². The molecule has 3 aromatic carbocycles. The Morgan fingerprint density at radius 2 is 0.963 bits per heavy atom. The van der Waals surface area contributed by atoms with Gasteiger partial charge in [-0.1, -0.05) is 31.3 Å². The van der Waals surface area contributed by atoms with Crippen molar-refractivity contribution in [1.82, 2.24) is 0 Å². The molecule has 0 nitrogen and oxygen atoms in total. The number of hydrogen-bond acceptors (Lipinski definition) is 0. The van der Waals surface area contributed by atoms with E-state index in [0.29, 0.717) is 0 Å². The fourth-order valence-corrected chi connectivity index (χ4v) is 5.67.